The molecule has 0 spiro atoms. The Labute approximate surface area is 177 Å². The fourth-order valence-corrected chi connectivity index (χ4v) is 3.16. The van der Waals surface area contributed by atoms with E-state index in [1.807, 2.05) is 34.6 Å². The second-order valence-corrected chi connectivity index (χ2v) is 9.08. The van der Waals surface area contributed by atoms with Gasteiger partial charge >= 0.3 is 6.09 Å². The highest BCUT2D eigenvalue weighted by atomic mass is 19.1. The number of rotatable bonds is 7. The van der Waals surface area contributed by atoms with Crippen molar-refractivity contribution in [3.63, 3.8) is 0 Å². The molecule has 1 aromatic heterocycles. The molecule has 0 atom stereocenters. The van der Waals surface area contributed by atoms with Crippen LogP contribution < -0.4 is 21.1 Å². The molecule has 4 N–H and O–H groups in total. The number of carbonyl (C=O) groups excluding carboxylic acids is 2. The molecule has 0 bridgehead atoms. The number of alkyl carbamates (subject to hydrolysis) is 1. The Morgan fingerprint density at radius 2 is 1.83 bits per heavy atom. The maximum Gasteiger partial charge on any atom is 0.407 e. The topological polar surface area (TPSA) is 116 Å². The zero-order chi connectivity index (χ0) is 22.5. The highest BCUT2D eigenvalue weighted by Gasteiger charge is 2.26. The van der Waals surface area contributed by atoms with E-state index in [1.165, 1.54) is 0 Å². The van der Waals surface area contributed by atoms with Gasteiger partial charge in [-0.3, -0.25) is 4.79 Å². The van der Waals surface area contributed by atoms with E-state index in [-0.39, 0.29) is 35.3 Å². The molecule has 2 amide bonds. The van der Waals surface area contributed by atoms with Gasteiger partial charge in [0.15, 0.2) is 11.6 Å². The van der Waals surface area contributed by atoms with E-state index in [1.54, 1.807) is 0 Å². The van der Waals surface area contributed by atoms with E-state index < -0.39 is 23.4 Å². The number of anilines is 1. The van der Waals surface area contributed by atoms with Crippen molar-refractivity contribution in [3.05, 3.63) is 17.4 Å². The first kappa shape index (κ1) is 23.7. The lowest BCUT2D eigenvalue weighted by atomic mass is 9.91. The fourth-order valence-electron chi connectivity index (χ4n) is 3.16. The van der Waals surface area contributed by atoms with Gasteiger partial charge in [-0.2, -0.15) is 4.98 Å². The Morgan fingerprint density at radius 3 is 2.37 bits per heavy atom. The molecule has 1 aliphatic carbocycles. The number of carbonyl (C=O) groups is 2. The number of pyridine rings is 1. The minimum atomic E-state index is -0.791. The highest BCUT2D eigenvalue weighted by Crippen LogP contribution is 2.27. The number of amides is 2. The average molecular weight is 425 g/mol. The summed E-state index contributed by atoms with van der Waals surface area (Å²) in [7, 11) is 0. The van der Waals surface area contributed by atoms with E-state index in [2.05, 4.69) is 15.6 Å². The zero-order valence-electron chi connectivity index (χ0n) is 18.4. The molecular weight excluding hydrogens is 391 g/mol. The third-order valence-corrected chi connectivity index (χ3v) is 4.55. The molecule has 1 fully saturated rings. The summed E-state index contributed by atoms with van der Waals surface area (Å²) in [4.78, 5) is 27.7. The predicted molar refractivity (Wildman–Crippen MR) is 112 cm³/mol. The fraction of sp³-hybridized carbons (Fsp3) is 0.667. The predicted octanol–water partition coefficient (Wildman–Crippen LogP) is 3.60. The lowest BCUT2D eigenvalue weighted by Crippen LogP contribution is -2.42. The molecule has 1 heterocycles. The normalized spacial score (nSPS) is 19.3. The maximum atomic E-state index is 14.5. The molecule has 0 unspecified atom stereocenters. The molecule has 0 radical (unpaired) electrons. The number of nitrogens with two attached hydrogens (primary N) is 1. The van der Waals surface area contributed by atoms with Gasteiger partial charge in [-0.1, -0.05) is 13.8 Å². The Hall–Kier alpha value is -2.58. The smallest absolute Gasteiger partial charge is 0.407 e. The van der Waals surface area contributed by atoms with Gasteiger partial charge in [0.25, 0.3) is 5.91 Å². The van der Waals surface area contributed by atoms with Crippen LogP contribution in [0.15, 0.2) is 6.07 Å². The minimum absolute atomic E-state index is 0.0119. The van der Waals surface area contributed by atoms with Crippen molar-refractivity contribution in [3.8, 4) is 5.88 Å². The molecule has 1 aliphatic rings. The van der Waals surface area contributed by atoms with Crippen LogP contribution in [0, 0.1) is 11.7 Å². The Bertz CT molecular complexity index is 756. The molecule has 8 nitrogen and oxygen atoms in total. The van der Waals surface area contributed by atoms with Gasteiger partial charge < -0.3 is 25.8 Å². The SMILES string of the molecule is CC(C)COc1nc(NC2CCC(NC(=O)OC(C)(C)C)CC2)c(F)cc1C(N)=O. The van der Waals surface area contributed by atoms with Crippen LogP contribution in [0.2, 0.25) is 0 Å². The lowest BCUT2D eigenvalue weighted by Gasteiger charge is -2.31. The maximum absolute atomic E-state index is 14.5. The number of nitrogens with one attached hydrogen (secondary N) is 2. The Morgan fingerprint density at radius 1 is 1.23 bits per heavy atom. The van der Waals surface area contributed by atoms with Crippen LogP contribution in [0.25, 0.3) is 0 Å². The summed E-state index contributed by atoms with van der Waals surface area (Å²) in [5.41, 5.74) is 4.70. The lowest BCUT2D eigenvalue weighted by molar-refractivity contribution is 0.0492. The molecule has 1 aromatic rings. The molecule has 9 heteroatoms. The van der Waals surface area contributed by atoms with Gasteiger partial charge in [-0.25, -0.2) is 9.18 Å². The molecule has 0 aliphatic heterocycles. The van der Waals surface area contributed by atoms with Crippen molar-refractivity contribution in [2.24, 2.45) is 11.7 Å². The third kappa shape index (κ3) is 7.35. The highest BCUT2D eigenvalue weighted by molar-refractivity contribution is 5.95. The van der Waals surface area contributed by atoms with Crippen LogP contribution in [0.4, 0.5) is 15.0 Å². The van der Waals surface area contributed by atoms with Crippen LogP contribution in [0.1, 0.15) is 70.7 Å². The van der Waals surface area contributed by atoms with Gasteiger partial charge in [0.2, 0.25) is 5.88 Å². The van der Waals surface area contributed by atoms with E-state index in [0.29, 0.717) is 6.61 Å². The first-order valence-corrected chi connectivity index (χ1v) is 10.3. The number of hydrogen-bond donors (Lipinski definition) is 3. The zero-order valence-corrected chi connectivity index (χ0v) is 18.4. The standard InChI is InChI=1S/C21H33FN4O4/c1-12(2)11-29-19-15(17(23)27)10-16(22)18(26-19)24-13-6-8-14(9-7-13)25-20(28)30-21(3,4)5/h10,12-14H,6-9,11H2,1-5H3,(H2,23,27)(H,24,26)(H,25,28). The summed E-state index contributed by atoms with van der Waals surface area (Å²) in [6.07, 6.45) is 2.48. The summed E-state index contributed by atoms with van der Waals surface area (Å²) in [6.45, 7) is 9.69. The van der Waals surface area contributed by atoms with Crippen LogP contribution >= 0.6 is 0 Å². The van der Waals surface area contributed by atoms with Crippen molar-refractivity contribution in [1.82, 2.24) is 10.3 Å². The Kier molecular flexibility index (Phi) is 7.86. The monoisotopic (exact) mass is 424 g/mol. The summed E-state index contributed by atoms with van der Waals surface area (Å²) in [5, 5.41) is 5.97. The number of halogens is 1. The van der Waals surface area contributed by atoms with Crippen molar-refractivity contribution in [2.45, 2.75) is 78.0 Å². The van der Waals surface area contributed by atoms with Crippen LogP contribution in [0.3, 0.4) is 0 Å². The third-order valence-electron chi connectivity index (χ3n) is 4.55. The van der Waals surface area contributed by atoms with E-state index >= 15 is 0 Å². The van der Waals surface area contributed by atoms with Gasteiger partial charge in [-0.05, 0) is 58.4 Å². The first-order chi connectivity index (χ1) is 13.9. The summed E-state index contributed by atoms with van der Waals surface area (Å²) in [5.74, 6) is -1.18. The van der Waals surface area contributed by atoms with Crippen LogP contribution in [-0.4, -0.2) is 41.3 Å². The molecule has 0 aromatic carbocycles. The number of nitrogens with zero attached hydrogens (tertiary/aromatic N) is 1. The summed E-state index contributed by atoms with van der Waals surface area (Å²) in [6, 6.07) is 1.06. The average Bonchev–Trinajstić information content (AvgIpc) is 2.61. The molecule has 0 saturated heterocycles. The van der Waals surface area contributed by atoms with Gasteiger partial charge in [0, 0.05) is 12.1 Å². The molecule has 1 saturated carbocycles. The number of ether oxygens (including phenoxy) is 2. The van der Waals surface area contributed by atoms with E-state index in [9.17, 15) is 14.0 Å². The minimum Gasteiger partial charge on any atom is -0.477 e. The molecule has 2 rings (SSSR count). The van der Waals surface area contributed by atoms with Crippen molar-refractivity contribution < 1.29 is 23.5 Å². The largest absolute Gasteiger partial charge is 0.477 e. The Balaban J connectivity index is 1.97. The second-order valence-electron chi connectivity index (χ2n) is 9.08. The van der Waals surface area contributed by atoms with E-state index in [4.69, 9.17) is 15.2 Å². The summed E-state index contributed by atoms with van der Waals surface area (Å²) < 4.78 is 25.3. The van der Waals surface area contributed by atoms with Gasteiger partial charge in [-0.15, -0.1) is 0 Å². The summed E-state index contributed by atoms with van der Waals surface area (Å²) >= 11 is 0. The van der Waals surface area contributed by atoms with Crippen LogP contribution in [0.5, 0.6) is 5.88 Å². The van der Waals surface area contributed by atoms with Gasteiger partial charge in [0.05, 0.1) is 6.61 Å². The quantitative estimate of drug-likeness (QED) is 0.616. The molecular formula is C21H33FN4O4. The van der Waals surface area contributed by atoms with Crippen molar-refractivity contribution in [1.29, 1.82) is 0 Å². The van der Waals surface area contributed by atoms with Crippen molar-refractivity contribution >= 4 is 17.8 Å². The van der Waals surface area contributed by atoms with Crippen molar-refractivity contribution in [2.75, 3.05) is 11.9 Å². The van der Waals surface area contributed by atoms with Crippen LogP contribution in [-0.2, 0) is 4.74 Å². The second kappa shape index (κ2) is 9.95. The number of aromatic nitrogens is 1. The molecule has 168 valence electrons. The van der Waals surface area contributed by atoms with E-state index in [0.717, 1.165) is 31.7 Å². The number of primary amides is 1. The first-order valence-electron chi connectivity index (χ1n) is 10.3. The van der Waals surface area contributed by atoms with Gasteiger partial charge in [0.1, 0.15) is 11.2 Å². The number of hydrogen-bond acceptors (Lipinski definition) is 6. The molecule has 30 heavy (non-hydrogen) atoms.